The molecule has 0 heterocycles. The Bertz CT molecular complexity index is 533. The maximum absolute atomic E-state index is 11.6. The van der Waals surface area contributed by atoms with E-state index in [1.54, 1.807) is 6.07 Å². The van der Waals surface area contributed by atoms with E-state index in [2.05, 4.69) is 4.72 Å². The Morgan fingerprint density at radius 1 is 1.26 bits per heavy atom. The van der Waals surface area contributed by atoms with Crippen LogP contribution in [-0.4, -0.2) is 25.0 Å². The number of hydrogen-bond acceptors (Lipinski definition) is 4. The number of nitro benzene ring substituents is 1. The molecule has 0 saturated heterocycles. The normalized spacial score (nSPS) is 11.4. The molecule has 0 fully saturated rings. The highest BCUT2D eigenvalue weighted by Gasteiger charge is 2.15. The molecule has 19 heavy (non-hydrogen) atoms. The van der Waals surface area contributed by atoms with Crippen LogP contribution in [0.4, 0.5) is 5.69 Å². The zero-order valence-corrected chi connectivity index (χ0v) is 11.8. The van der Waals surface area contributed by atoms with Crippen LogP contribution in [0.2, 0.25) is 0 Å². The number of para-hydroxylation sites is 1. The molecule has 0 aromatic heterocycles. The predicted octanol–water partition coefficient (Wildman–Crippen LogP) is 2.03. The van der Waals surface area contributed by atoms with E-state index in [-0.39, 0.29) is 18.0 Å². The number of nitrogens with one attached hydrogen (secondary N) is 1. The van der Waals surface area contributed by atoms with E-state index >= 15 is 0 Å². The van der Waals surface area contributed by atoms with Crippen LogP contribution in [0.5, 0.6) is 0 Å². The van der Waals surface area contributed by atoms with Crippen molar-refractivity contribution in [3.8, 4) is 0 Å². The molecule has 0 bridgehead atoms. The number of sulfonamides is 1. The quantitative estimate of drug-likeness (QED) is 0.344. The molecule has 0 radical (unpaired) electrons. The van der Waals surface area contributed by atoms with Crippen molar-refractivity contribution in [2.24, 2.45) is 0 Å². The Labute approximate surface area is 117 Å². The number of rotatable bonds is 8. The zero-order chi connectivity index (χ0) is 14.3. The van der Waals surface area contributed by atoms with Crippen LogP contribution in [0, 0.1) is 10.1 Å². The van der Waals surface area contributed by atoms with Crippen molar-refractivity contribution in [1.29, 1.82) is 0 Å². The molecule has 1 aromatic carbocycles. The fourth-order valence-electron chi connectivity index (χ4n) is 1.48. The minimum Gasteiger partial charge on any atom is -0.258 e. The third-order valence-electron chi connectivity index (χ3n) is 2.47. The van der Waals surface area contributed by atoms with Crippen molar-refractivity contribution < 1.29 is 13.3 Å². The van der Waals surface area contributed by atoms with Gasteiger partial charge in [0, 0.05) is 24.1 Å². The first-order valence-corrected chi connectivity index (χ1v) is 7.90. The van der Waals surface area contributed by atoms with Crippen molar-refractivity contribution >= 4 is 27.3 Å². The number of alkyl halides is 1. The molecule has 0 saturated carbocycles. The number of benzene rings is 1. The molecule has 0 amide bonds. The van der Waals surface area contributed by atoms with Crippen LogP contribution in [0.1, 0.15) is 18.4 Å². The molecule has 0 unspecified atom stereocenters. The minimum absolute atomic E-state index is 0.0274. The first-order valence-electron chi connectivity index (χ1n) is 5.72. The molecule has 6 nitrogen and oxygen atoms in total. The van der Waals surface area contributed by atoms with E-state index in [4.69, 9.17) is 11.6 Å². The number of hydrogen-bond donors (Lipinski definition) is 1. The summed E-state index contributed by atoms with van der Waals surface area (Å²) in [7, 11) is -3.43. The molecular formula is C11H15ClN2O4S. The van der Waals surface area contributed by atoms with Gasteiger partial charge in [0.2, 0.25) is 10.0 Å². The van der Waals surface area contributed by atoms with Gasteiger partial charge in [-0.1, -0.05) is 18.2 Å². The monoisotopic (exact) mass is 306 g/mol. The average Bonchev–Trinajstić information content (AvgIpc) is 2.37. The van der Waals surface area contributed by atoms with Crippen molar-refractivity contribution in [3.05, 3.63) is 39.9 Å². The van der Waals surface area contributed by atoms with E-state index in [1.165, 1.54) is 18.2 Å². The van der Waals surface area contributed by atoms with Gasteiger partial charge in [-0.15, -0.1) is 11.6 Å². The summed E-state index contributed by atoms with van der Waals surface area (Å²) in [6.45, 7) is -0.0830. The molecule has 0 aliphatic rings. The summed E-state index contributed by atoms with van der Waals surface area (Å²) in [5, 5.41) is 10.8. The first-order chi connectivity index (χ1) is 8.96. The molecule has 106 valence electrons. The van der Waals surface area contributed by atoms with Crippen LogP contribution in [-0.2, 0) is 16.6 Å². The predicted molar refractivity (Wildman–Crippen MR) is 73.7 cm³/mol. The van der Waals surface area contributed by atoms with Gasteiger partial charge in [0.25, 0.3) is 5.69 Å². The second-order valence-electron chi connectivity index (χ2n) is 3.92. The second kappa shape index (κ2) is 7.42. The topological polar surface area (TPSA) is 89.3 Å². The summed E-state index contributed by atoms with van der Waals surface area (Å²) in [6.07, 6.45) is 1.09. The maximum Gasteiger partial charge on any atom is 0.273 e. The van der Waals surface area contributed by atoms with Gasteiger partial charge in [0.1, 0.15) is 0 Å². The molecule has 0 aliphatic heterocycles. The van der Waals surface area contributed by atoms with Crippen LogP contribution in [0.15, 0.2) is 24.3 Å². The van der Waals surface area contributed by atoms with E-state index < -0.39 is 14.9 Å². The minimum atomic E-state index is -3.43. The van der Waals surface area contributed by atoms with Crippen LogP contribution in [0.25, 0.3) is 0 Å². The Kier molecular flexibility index (Phi) is 6.20. The number of unbranched alkanes of at least 4 members (excludes halogenated alkanes) is 1. The highest BCUT2D eigenvalue weighted by Crippen LogP contribution is 2.17. The van der Waals surface area contributed by atoms with Gasteiger partial charge in [-0.25, -0.2) is 13.1 Å². The Hall–Kier alpha value is -1.18. The third-order valence-corrected chi connectivity index (χ3v) is 4.15. The molecule has 0 spiro atoms. The molecular weight excluding hydrogens is 292 g/mol. The largest absolute Gasteiger partial charge is 0.273 e. The van der Waals surface area contributed by atoms with Crippen molar-refractivity contribution in [2.45, 2.75) is 19.4 Å². The third kappa shape index (κ3) is 5.54. The van der Waals surface area contributed by atoms with Crippen molar-refractivity contribution in [1.82, 2.24) is 4.72 Å². The summed E-state index contributed by atoms with van der Waals surface area (Å²) in [5.74, 6) is 0.389. The lowest BCUT2D eigenvalue weighted by atomic mass is 10.2. The Morgan fingerprint density at radius 2 is 1.95 bits per heavy atom. The average molecular weight is 307 g/mol. The fraction of sp³-hybridized carbons (Fsp3) is 0.455. The molecule has 1 rings (SSSR count). The molecule has 0 atom stereocenters. The van der Waals surface area contributed by atoms with Crippen LogP contribution < -0.4 is 4.72 Å². The molecule has 1 aromatic rings. The van der Waals surface area contributed by atoms with Gasteiger partial charge >= 0.3 is 0 Å². The molecule has 8 heteroatoms. The van der Waals surface area contributed by atoms with Gasteiger partial charge in [-0.05, 0) is 12.8 Å². The summed E-state index contributed by atoms with van der Waals surface area (Å²) >= 11 is 5.47. The SMILES string of the molecule is O=[N+]([O-])c1ccccc1CNS(=O)(=O)CCCCCl. The van der Waals surface area contributed by atoms with Gasteiger partial charge in [-0.3, -0.25) is 10.1 Å². The van der Waals surface area contributed by atoms with Gasteiger partial charge in [0.05, 0.1) is 10.7 Å². The standard InChI is InChI=1S/C11H15ClN2O4S/c12-7-3-4-8-19(17,18)13-9-10-5-1-2-6-11(10)14(15)16/h1-2,5-6,13H,3-4,7-9H2. The zero-order valence-electron chi connectivity index (χ0n) is 10.2. The van der Waals surface area contributed by atoms with E-state index in [0.29, 0.717) is 24.3 Å². The molecule has 1 N–H and O–H groups in total. The van der Waals surface area contributed by atoms with Crippen molar-refractivity contribution in [3.63, 3.8) is 0 Å². The Morgan fingerprint density at radius 3 is 2.58 bits per heavy atom. The van der Waals surface area contributed by atoms with Gasteiger partial charge < -0.3 is 0 Å². The van der Waals surface area contributed by atoms with E-state index in [0.717, 1.165) is 0 Å². The lowest BCUT2D eigenvalue weighted by molar-refractivity contribution is -0.385. The highest BCUT2D eigenvalue weighted by atomic mass is 35.5. The molecule has 0 aliphatic carbocycles. The smallest absolute Gasteiger partial charge is 0.258 e. The van der Waals surface area contributed by atoms with Gasteiger partial charge in [-0.2, -0.15) is 0 Å². The summed E-state index contributed by atoms with van der Waals surface area (Å²) in [4.78, 5) is 10.2. The second-order valence-corrected chi connectivity index (χ2v) is 6.23. The van der Waals surface area contributed by atoms with Gasteiger partial charge in [0.15, 0.2) is 0 Å². The van der Waals surface area contributed by atoms with Crippen LogP contribution in [0.3, 0.4) is 0 Å². The summed E-state index contributed by atoms with van der Waals surface area (Å²) < 4.78 is 25.6. The van der Waals surface area contributed by atoms with Crippen molar-refractivity contribution in [2.75, 3.05) is 11.6 Å². The number of nitro groups is 1. The van der Waals surface area contributed by atoms with E-state index in [9.17, 15) is 18.5 Å². The lowest BCUT2D eigenvalue weighted by Crippen LogP contribution is -2.26. The maximum atomic E-state index is 11.6. The lowest BCUT2D eigenvalue weighted by Gasteiger charge is -2.06. The summed E-state index contributed by atoms with van der Waals surface area (Å²) in [6, 6.07) is 6.04. The highest BCUT2D eigenvalue weighted by molar-refractivity contribution is 7.89. The van der Waals surface area contributed by atoms with E-state index in [1.807, 2.05) is 0 Å². The first kappa shape index (κ1) is 15.9. The number of halogens is 1. The van der Waals surface area contributed by atoms with Crippen LogP contribution >= 0.6 is 11.6 Å². The Balaban J connectivity index is 2.64. The summed E-state index contributed by atoms with van der Waals surface area (Å²) in [5.41, 5.74) is 0.249. The fourth-order valence-corrected chi connectivity index (χ4v) is 2.78. The number of nitrogens with zero attached hydrogens (tertiary/aromatic N) is 1.